The number of carbonyl (C=O) groups excluding carboxylic acids is 2. The standard InChI is InChI=1S/C21H26N2O4S2/c1-15-11-14-27-19(15)20(24)22-29(3,26)18-9-12-23(13-10-18)21(25)16(2)28-17-7-5-4-6-8-17/h4-8,11,14,16,18H,9-10,12-13H2,1-3H3. The number of benzene rings is 1. The van der Waals surface area contributed by atoms with Crippen LogP contribution < -0.4 is 0 Å². The van der Waals surface area contributed by atoms with Gasteiger partial charge in [0.15, 0.2) is 5.76 Å². The number of likely N-dealkylation sites (tertiary alicyclic amines) is 1. The summed E-state index contributed by atoms with van der Waals surface area (Å²) in [6.45, 7) is 4.71. The van der Waals surface area contributed by atoms with Gasteiger partial charge < -0.3 is 9.32 Å². The van der Waals surface area contributed by atoms with E-state index < -0.39 is 15.6 Å². The van der Waals surface area contributed by atoms with Crippen molar-refractivity contribution in [1.82, 2.24) is 4.90 Å². The number of carbonyl (C=O) groups is 2. The van der Waals surface area contributed by atoms with E-state index in [1.165, 1.54) is 24.3 Å². The van der Waals surface area contributed by atoms with Crippen LogP contribution >= 0.6 is 11.8 Å². The van der Waals surface area contributed by atoms with Crippen molar-refractivity contribution >= 4 is 33.3 Å². The van der Waals surface area contributed by atoms with Crippen molar-refractivity contribution in [2.24, 2.45) is 4.36 Å². The smallest absolute Gasteiger partial charge is 0.321 e. The van der Waals surface area contributed by atoms with E-state index in [0.29, 0.717) is 31.5 Å². The summed E-state index contributed by atoms with van der Waals surface area (Å²) in [6, 6.07) is 11.5. The Morgan fingerprint density at radius 2 is 1.86 bits per heavy atom. The number of nitrogens with zero attached hydrogens (tertiary/aromatic N) is 2. The number of furan rings is 1. The van der Waals surface area contributed by atoms with Crippen molar-refractivity contribution in [1.29, 1.82) is 0 Å². The van der Waals surface area contributed by atoms with Gasteiger partial charge in [-0.3, -0.25) is 9.59 Å². The minimum absolute atomic E-state index is 0.0825. The molecule has 1 fully saturated rings. The Morgan fingerprint density at radius 3 is 2.45 bits per heavy atom. The molecule has 1 aromatic heterocycles. The summed E-state index contributed by atoms with van der Waals surface area (Å²) in [4.78, 5) is 28.0. The normalized spacial score (nSPS) is 18.1. The molecule has 156 valence electrons. The molecular formula is C21H26N2O4S2. The molecule has 2 aromatic rings. The Labute approximate surface area is 176 Å². The van der Waals surface area contributed by atoms with Crippen LogP contribution in [0.2, 0.25) is 0 Å². The van der Waals surface area contributed by atoms with Gasteiger partial charge in [-0.25, -0.2) is 4.21 Å². The predicted octanol–water partition coefficient (Wildman–Crippen LogP) is 4.00. The first-order chi connectivity index (χ1) is 13.8. The summed E-state index contributed by atoms with van der Waals surface area (Å²) in [7, 11) is -2.72. The summed E-state index contributed by atoms with van der Waals surface area (Å²) in [6.07, 6.45) is 4.09. The van der Waals surface area contributed by atoms with Crippen molar-refractivity contribution < 1.29 is 18.2 Å². The molecule has 6 nitrogen and oxygen atoms in total. The van der Waals surface area contributed by atoms with Crippen LogP contribution in [0.3, 0.4) is 0 Å². The average molecular weight is 435 g/mol. The highest BCUT2D eigenvalue weighted by Crippen LogP contribution is 2.26. The lowest BCUT2D eigenvalue weighted by Crippen LogP contribution is -2.45. The van der Waals surface area contributed by atoms with Gasteiger partial charge in [0.25, 0.3) is 0 Å². The number of amides is 2. The molecule has 0 spiro atoms. The maximum Gasteiger partial charge on any atom is 0.321 e. The zero-order valence-electron chi connectivity index (χ0n) is 16.9. The van der Waals surface area contributed by atoms with Gasteiger partial charge in [-0.05, 0) is 44.9 Å². The van der Waals surface area contributed by atoms with E-state index in [1.54, 1.807) is 13.0 Å². The molecule has 0 bridgehead atoms. The fraction of sp³-hybridized carbons (Fsp3) is 0.429. The molecule has 0 saturated carbocycles. The largest absolute Gasteiger partial charge is 0.459 e. The molecule has 1 aliphatic heterocycles. The number of aryl methyl sites for hydroxylation is 1. The van der Waals surface area contributed by atoms with Gasteiger partial charge in [-0.2, -0.15) is 4.36 Å². The van der Waals surface area contributed by atoms with Crippen molar-refractivity contribution in [2.45, 2.75) is 42.1 Å². The van der Waals surface area contributed by atoms with Gasteiger partial charge in [0, 0.05) is 35.1 Å². The summed E-state index contributed by atoms with van der Waals surface area (Å²) in [5.41, 5.74) is 0.680. The molecule has 2 amide bonds. The lowest BCUT2D eigenvalue weighted by molar-refractivity contribution is -0.131. The SMILES string of the molecule is Cc1ccoc1C(=O)N=S(C)(=O)C1CCN(C(=O)C(C)Sc2ccccc2)CC1. The average Bonchev–Trinajstić information content (AvgIpc) is 3.14. The van der Waals surface area contributed by atoms with Crippen LogP contribution in [0.5, 0.6) is 0 Å². The third kappa shape index (κ3) is 5.30. The molecule has 2 heterocycles. The molecule has 0 N–H and O–H groups in total. The van der Waals surface area contributed by atoms with E-state index in [4.69, 9.17) is 4.42 Å². The molecule has 2 unspecified atom stereocenters. The molecule has 1 saturated heterocycles. The Bertz CT molecular complexity index is 985. The second-order valence-electron chi connectivity index (χ2n) is 7.29. The summed E-state index contributed by atoms with van der Waals surface area (Å²) in [5, 5.41) is -0.407. The van der Waals surface area contributed by atoms with Crippen LogP contribution in [0.4, 0.5) is 0 Å². The Morgan fingerprint density at radius 1 is 1.21 bits per heavy atom. The van der Waals surface area contributed by atoms with E-state index in [-0.39, 0.29) is 22.2 Å². The van der Waals surface area contributed by atoms with Crippen LogP contribution in [0.1, 0.15) is 35.9 Å². The fourth-order valence-corrected chi connectivity index (χ4v) is 6.02. The van der Waals surface area contributed by atoms with Gasteiger partial charge in [0.1, 0.15) is 0 Å². The Balaban J connectivity index is 1.60. The number of hydrogen-bond acceptors (Lipinski definition) is 5. The van der Waals surface area contributed by atoms with E-state index in [9.17, 15) is 13.8 Å². The van der Waals surface area contributed by atoms with E-state index in [2.05, 4.69) is 4.36 Å². The first-order valence-electron chi connectivity index (χ1n) is 9.58. The van der Waals surface area contributed by atoms with E-state index >= 15 is 0 Å². The maximum absolute atomic E-state index is 13.1. The monoisotopic (exact) mass is 434 g/mol. The second-order valence-corrected chi connectivity index (χ2v) is 11.3. The lowest BCUT2D eigenvalue weighted by Gasteiger charge is -2.33. The van der Waals surface area contributed by atoms with Gasteiger partial charge in [0.2, 0.25) is 5.91 Å². The van der Waals surface area contributed by atoms with Crippen LogP contribution in [0.25, 0.3) is 0 Å². The molecule has 1 aliphatic rings. The zero-order valence-corrected chi connectivity index (χ0v) is 18.5. The predicted molar refractivity (Wildman–Crippen MR) is 116 cm³/mol. The lowest BCUT2D eigenvalue weighted by atomic mass is 10.1. The highest BCUT2D eigenvalue weighted by atomic mass is 32.2. The van der Waals surface area contributed by atoms with Crippen molar-refractivity contribution in [3.05, 3.63) is 54.0 Å². The van der Waals surface area contributed by atoms with E-state index in [0.717, 1.165) is 4.90 Å². The second kappa shape index (κ2) is 9.17. The van der Waals surface area contributed by atoms with Gasteiger partial charge in [0.05, 0.1) is 21.2 Å². The van der Waals surface area contributed by atoms with E-state index in [1.807, 2.05) is 42.2 Å². The third-order valence-electron chi connectivity index (χ3n) is 5.10. The highest BCUT2D eigenvalue weighted by molar-refractivity contribution is 8.00. The van der Waals surface area contributed by atoms with Crippen LogP contribution in [-0.4, -0.2) is 50.8 Å². The number of rotatable bonds is 5. The first-order valence-corrected chi connectivity index (χ1v) is 12.4. The minimum Gasteiger partial charge on any atom is -0.459 e. The van der Waals surface area contributed by atoms with Gasteiger partial charge in [-0.15, -0.1) is 11.8 Å². The van der Waals surface area contributed by atoms with Gasteiger partial charge in [-0.1, -0.05) is 18.2 Å². The number of piperidine rings is 1. The molecule has 1 aromatic carbocycles. The quantitative estimate of drug-likeness (QED) is 0.665. The van der Waals surface area contributed by atoms with Crippen LogP contribution in [0, 0.1) is 6.92 Å². The molecule has 29 heavy (non-hydrogen) atoms. The fourth-order valence-electron chi connectivity index (χ4n) is 3.40. The van der Waals surface area contributed by atoms with Crippen molar-refractivity contribution in [3.63, 3.8) is 0 Å². The summed E-state index contributed by atoms with van der Waals surface area (Å²) in [5.74, 6) is -0.357. The summed E-state index contributed by atoms with van der Waals surface area (Å²) < 4.78 is 22.2. The van der Waals surface area contributed by atoms with Crippen LogP contribution in [-0.2, 0) is 14.5 Å². The van der Waals surface area contributed by atoms with Crippen molar-refractivity contribution in [2.75, 3.05) is 19.3 Å². The molecule has 0 radical (unpaired) electrons. The molecule has 8 heteroatoms. The van der Waals surface area contributed by atoms with Gasteiger partial charge >= 0.3 is 5.91 Å². The topological polar surface area (TPSA) is 80.0 Å². The Hall–Kier alpha value is -2.06. The highest BCUT2D eigenvalue weighted by Gasteiger charge is 2.31. The Kier molecular flexibility index (Phi) is 6.85. The molecule has 0 aliphatic carbocycles. The van der Waals surface area contributed by atoms with Crippen molar-refractivity contribution in [3.8, 4) is 0 Å². The minimum atomic E-state index is -2.72. The molecule has 3 rings (SSSR count). The molecular weight excluding hydrogens is 408 g/mol. The zero-order chi connectivity index (χ0) is 21.0. The first kappa shape index (κ1) is 21.6. The summed E-state index contributed by atoms with van der Waals surface area (Å²) >= 11 is 1.54. The van der Waals surface area contributed by atoms with Crippen LogP contribution in [0.15, 0.2) is 56.3 Å². The maximum atomic E-state index is 13.1. The number of thioether (sulfide) groups is 1. The third-order valence-corrected chi connectivity index (χ3v) is 8.43. The molecule has 2 atom stereocenters. The number of hydrogen-bond donors (Lipinski definition) is 0.